The van der Waals surface area contributed by atoms with Gasteiger partial charge in [-0.3, -0.25) is 0 Å². The molecule has 1 atom stereocenters. The van der Waals surface area contributed by atoms with E-state index in [0.29, 0.717) is 11.6 Å². The zero-order valence-electron chi connectivity index (χ0n) is 11.8. The van der Waals surface area contributed by atoms with Gasteiger partial charge in [0.05, 0.1) is 5.54 Å². The Kier molecular flexibility index (Phi) is 4.04. The Morgan fingerprint density at radius 3 is 2.74 bits per heavy atom. The fraction of sp³-hybridized carbons (Fsp3) is 0.533. The molecule has 0 fully saturated rings. The van der Waals surface area contributed by atoms with E-state index in [9.17, 15) is 4.79 Å². The molecular weight excluding hydrogens is 260 g/mol. The van der Waals surface area contributed by atoms with Crippen LogP contribution in [0.25, 0.3) is 0 Å². The molecule has 1 aromatic carbocycles. The molecule has 3 nitrogen and oxygen atoms in total. The van der Waals surface area contributed by atoms with Gasteiger partial charge in [-0.25, -0.2) is 4.79 Å². The summed E-state index contributed by atoms with van der Waals surface area (Å²) < 4.78 is 0. The van der Waals surface area contributed by atoms with Gasteiger partial charge in [0.25, 0.3) is 0 Å². The molecule has 1 aromatic rings. The van der Waals surface area contributed by atoms with Crippen molar-refractivity contribution in [2.24, 2.45) is 0 Å². The number of hydrogen-bond acceptors (Lipinski definition) is 1. The Hall–Kier alpha value is -1.22. The molecule has 1 unspecified atom stereocenters. The standard InChI is InChI=1S/C15H21ClN2O/c1-4-6-9-15(3)12-10-11(16)7-8-13(12)17-14(19)18(15)5-2/h7-8,10H,4-6,9H2,1-3H3,(H,17,19). The molecule has 0 radical (unpaired) electrons. The molecule has 0 aromatic heterocycles. The number of carbonyl (C=O) groups excluding carboxylic acids is 1. The first-order valence-corrected chi connectivity index (χ1v) is 7.29. The molecule has 4 heteroatoms. The molecule has 1 aliphatic heterocycles. The number of unbranched alkanes of at least 4 members (excludes halogenated alkanes) is 1. The van der Waals surface area contributed by atoms with Gasteiger partial charge in [0, 0.05) is 22.8 Å². The number of rotatable bonds is 4. The van der Waals surface area contributed by atoms with E-state index in [4.69, 9.17) is 11.6 Å². The summed E-state index contributed by atoms with van der Waals surface area (Å²) in [4.78, 5) is 14.1. The Bertz CT molecular complexity index is 489. The molecule has 1 aliphatic rings. The second-order valence-corrected chi connectivity index (χ2v) is 5.68. The number of urea groups is 1. The maximum atomic E-state index is 12.2. The number of amides is 2. The fourth-order valence-electron chi connectivity index (χ4n) is 2.91. The number of anilines is 1. The fourth-order valence-corrected chi connectivity index (χ4v) is 3.08. The van der Waals surface area contributed by atoms with Crippen molar-refractivity contribution >= 4 is 23.3 Å². The number of nitrogens with one attached hydrogen (secondary N) is 1. The SMILES string of the molecule is CCCCC1(C)c2cc(Cl)ccc2NC(=O)N1CC. The predicted octanol–water partition coefficient (Wildman–Crippen LogP) is 4.61. The van der Waals surface area contributed by atoms with E-state index >= 15 is 0 Å². The quantitative estimate of drug-likeness (QED) is 0.858. The van der Waals surface area contributed by atoms with E-state index in [-0.39, 0.29) is 11.6 Å². The van der Waals surface area contributed by atoms with Crippen LogP contribution in [0.5, 0.6) is 0 Å². The number of hydrogen-bond donors (Lipinski definition) is 1. The number of benzene rings is 1. The lowest BCUT2D eigenvalue weighted by atomic mass is 9.82. The molecule has 19 heavy (non-hydrogen) atoms. The Balaban J connectivity index is 2.51. The van der Waals surface area contributed by atoms with Crippen LogP contribution in [-0.2, 0) is 5.54 Å². The van der Waals surface area contributed by atoms with Gasteiger partial charge in [-0.15, -0.1) is 0 Å². The summed E-state index contributed by atoms with van der Waals surface area (Å²) >= 11 is 6.13. The average Bonchev–Trinajstić information content (AvgIpc) is 2.38. The first-order valence-electron chi connectivity index (χ1n) is 6.91. The third-order valence-electron chi connectivity index (χ3n) is 3.98. The molecule has 0 bridgehead atoms. The highest BCUT2D eigenvalue weighted by Gasteiger charge is 2.41. The summed E-state index contributed by atoms with van der Waals surface area (Å²) in [6, 6.07) is 5.68. The summed E-state index contributed by atoms with van der Waals surface area (Å²) in [7, 11) is 0. The molecule has 0 spiro atoms. The second-order valence-electron chi connectivity index (χ2n) is 5.24. The minimum absolute atomic E-state index is 0.0177. The van der Waals surface area contributed by atoms with Gasteiger partial charge < -0.3 is 10.2 Å². The van der Waals surface area contributed by atoms with Crippen molar-refractivity contribution in [1.82, 2.24) is 4.90 Å². The first kappa shape index (κ1) is 14.2. The highest BCUT2D eigenvalue weighted by Crippen LogP contribution is 2.42. The average molecular weight is 281 g/mol. The van der Waals surface area contributed by atoms with Gasteiger partial charge in [0.1, 0.15) is 0 Å². The number of nitrogens with zero attached hydrogens (tertiary/aromatic N) is 1. The molecule has 0 aliphatic carbocycles. The molecule has 2 amide bonds. The van der Waals surface area contributed by atoms with Crippen molar-refractivity contribution in [3.63, 3.8) is 0 Å². The lowest BCUT2D eigenvalue weighted by Crippen LogP contribution is -2.53. The molecule has 1 N–H and O–H groups in total. The molecule has 104 valence electrons. The Morgan fingerprint density at radius 1 is 1.37 bits per heavy atom. The second kappa shape index (κ2) is 5.41. The maximum Gasteiger partial charge on any atom is 0.322 e. The summed E-state index contributed by atoms with van der Waals surface area (Å²) in [6.07, 6.45) is 3.16. The molecular formula is C15H21ClN2O. The molecule has 2 rings (SSSR count). The highest BCUT2D eigenvalue weighted by molar-refractivity contribution is 6.30. The topological polar surface area (TPSA) is 32.3 Å². The van der Waals surface area contributed by atoms with E-state index in [1.54, 1.807) is 0 Å². The summed E-state index contributed by atoms with van der Waals surface area (Å²) in [5.74, 6) is 0. The van der Waals surface area contributed by atoms with E-state index in [2.05, 4.69) is 19.2 Å². The van der Waals surface area contributed by atoms with Gasteiger partial charge >= 0.3 is 6.03 Å². The van der Waals surface area contributed by atoms with Crippen LogP contribution in [0.4, 0.5) is 10.5 Å². The summed E-state index contributed by atoms with van der Waals surface area (Å²) in [5, 5.41) is 3.66. The minimum Gasteiger partial charge on any atom is -0.315 e. The van der Waals surface area contributed by atoms with E-state index in [1.165, 1.54) is 0 Å². The number of fused-ring (bicyclic) bond motifs is 1. The van der Waals surface area contributed by atoms with Crippen LogP contribution in [0.3, 0.4) is 0 Å². The van der Waals surface area contributed by atoms with Crippen LogP contribution >= 0.6 is 11.6 Å². The lowest BCUT2D eigenvalue weighted by Gasteiger charge is -2.46. The first-order chi connectivity index (χ1) is 9.02. The van der Waals surface area contributed by atoms with Crippen LogP contribution < -0.4 is 5.32 Å². The summed E-state index contributed by atoms with van der Waals surface area (Å²) in [6.45, 7) is 7.01. The van der Waals surface area contributed by atoms with Crippen LogP contribution in [0.15, 0.2) is 18.2 Å². The largest absolute Gasteiger partial charge is 0.322 e. The van der Waals surface area contributed by atoms with E-state index in [0.717, 1.165) is 30.5 Å². The van der Waals surface area contributed by atoms with Crippen LogP contribution in [0, 0.1) is 0 Å². The third-order valence-corrected chi connectivity index (χ3v) is 4.21. The minimum atomic E-state index is -0.271. The van der Waals surface area contributed by atoms with E-state index in [1.807, 2.05) is 30.0 Å². The van der Waals surface area contributed by atoms with Gasteiger partial charge in [-0.2, -0.15) is 0 Å². The maximum absolute atomic E-state index is 12.2. The van der Waals surface area contributed by atoms with Gasteiger partial charge in [0.2, 0.25) is 0 Å². The summed E-state index contributed by atoms with van der Waals surface area (Å²) in [5.41, 5.74) is 1.74. The van der Waals surface area contributed by atoms with Gasteiger partial charge in [-0.05, 0) is 38.5 Å². The van der Waals surface area contributed by atoms with Crippen molar-refractivity contribution in [3.8, 4) is 0 Å². The smallest absolute Gasteiger partial charge is 0.315 e. The molecule has 0 saturated carbocycles. The van der Waals surface area contributed by atoms with Crippen molar-refractivity contribution in [2.45, 2.75) is 45.6 Å². The van der Waals surface area contributed by atoms with Crippen molar-refractivity contribution in [2.75, 3.05) is 11.9 Å². The van der Waals surface area contributed by atoms with Gasteiger partial charge in [0.15, 0.2) is 0 Å². The van der Waals surface area contributed by atoms with Crippen molar-refractivity contribution < 1.29 is 4.79 Å². The van der Waals surface area contributed by atoms with Crippen LogP contribution in [-0.4, -0.2) is 17.5 Å². The van der Waals surface area contributed by atoms with Gasteiger partial charge in [-0.1, -0.05) is 31.4 Å². The zero-order valence-corrected chi connectivity index (χ0v) is 12.5. The van der Waals surface area contributed by atoms with Crippen molar-refractivity contribution in [1.29, 1.82) is 0 Å². The number of halogens is 1. The normalized spacial score (nSPS) is 22.1. The van der Waals surface area contributed by atoms with Crippen LogP contribution in [0.1, 0.15) is 45.6 Å². The molecule has 1 heterocycles. The Labute approximate surface area is 119 Å². The monoisotopic (exact) mass is 280 g/mol. The number of carbonyl (C=O) groups is 1. The van der Waals surface area contributed by atoms with Crippen molar-refractivity contribution in [3.05, 3.63) is 28.8 Å². The van der Waals surface area contributed by atoms with E-state index < -0.39 is 0 Å². The predicted molar refractivity (Wildman–Crippen MR) is 79.7 cm³/mol. The molecule has 0 saturated heterocycles. The van der Waals surface area contributed by atoms with Crippen LogP contribution in [0.2, 0.25) is 5.02 Å². The highest BCUT2D eigenvalue weighted by atomic mass is 35.5. The zero-order chi connectivity index (χ0) is 14.0. The Morgan fingerprint density at radius 2 is 2.11 bits per heavy atom. The lowest BCUT2D eigenvalue weighted by molar-refractivity contribution is 0.123. The third kappa shape index (κ3) is 2.44.